The highest BCUT2D eigenvalue weighted by molar-refractivity contribution is 6.00. The van der Waals surface area contributed by atoms with Crippen LogP contribution in [0.2, 0.25) is 0 Å². The molecule has 4 aromatic rings. The van der Waals surface area contributed by atoms with E-state index >= 15 is 0 Å². The van der Waals surface area contributed by atoms with E-state index < -0.39 is 0 Å². The minimum absolute atomic E-state index is 0.584. The molecule has 0 saturated carbocycles. The van der Waals surface area contributed by atoms with Crippen molar-refractivity contribution in [3.8, 4) is 22.6 Å². The highest BCUT2D eigenvalue weighted by atomic mass is 16.5. The molecule has 0 unspecified atom stereocenters. The molecule has 0 atom stereocenters. The maximum atomic E-state index is 6.29. The number of rotatable bonds is 9. The van der Waals surface area contributed by atoms with Crippen molar-refractivity contribution in [2.24, 2.45) is 0 Å². The van der Waals surface area contributed by atoms with Crippen molar-refractivity contribution in [3.05, 3.63) is 84.6 Å². The van der Waals surface area contributed by atoms with Gasteiger partial charge in [-0.2, -0.15) is 0 Å². The Bertz CT molecular complexity index is 1160. The largest absolute Gasteiger partial charge is 0.497 e. The lowest BCUT2D eigenvalue weighted by Gasteiger charge is -2.18. The molecule has 0 aliphatic carbocycles. The number of ether oxygens (including phenoxy) is 2. The second-order valence-electron chi connectivity index (χ2n) is 7.92. The second kappa shape index (κ2) is 10.2. The number of fused-ring (bicyclic) bond motifs is 1. The zero-order valence-electron chi connectivity index (χ0n) is 18.8. The number of benzene rings is 3. The molecule has 1 aromatic heterocycles. The number of hydrogen-bond acceptors (Lipinski definition) is 5. The van der Waals surface area contributed by atoms with E-state index in [1.165, 1.54) is 0 Å². The Morgan fingerprint density at radius 2 is 1.69 bits per heavy atom. The van der Waals surface area contributed by atoms with Crippen LogP contribution < -0.4 is 14.8 Å². The number of methoxy groups -OCH3 is 1. The van der Waals surface area contributed by atoms with Crippen molar-refractivity contribution in [1.82, 2.24) is 9.88 Å². The molecular formula is C27H29N3O2. The summed E-state index contributed by atoms with van der Waals surface area (Å²) in [5.41, 5.74) is 5.28. The average molecular weight is 428 g/mol. The minimum atomic E-state index is 0.584. The van der Waals surface area contributed by atoms with Gasteiger partial charge in [0.2, 0.25) is 0 Å². The van der Waals surface area contributed by atoms with Crippen molar-refractivity contribution < 1.29 is 9.47 Å². The van der Waals surface area contributed by atoms with Crippen LogP contribution in [0.4, 0.5) is 5.69 Å². The van der Waals surface area contributed by atoms with E-state index in [1.54, 1.807) is 7.11 Å². The standard InChI is InChI=1S/C27H29N3O2/c1-30(2)17-18-32-27-25(29-19-20-9-11-22(31-3)12-10-20)14-13-24-23(15-16-28-26(24)27)21-7-5-4-6-8-21/h4-16,29H,17-19H2,1-3H3. The van der Waals surface area contributed by atoms with Crippen molar-refractivity contribution >= 4 is 16.6 Å². The van der Waals surface area contributed by atoms with Crippen LogP contribution in [0.15, 0.2) is 79.0 Å². The molecule has 5 heteroatoms. The van der Waals surface area contributed by atoms with Gasteiger partial charge in [0.05, 0.1) is 12.8 Å². The van der Waals surface area contributed by atoms with Gasteiger partial charge in [-0.15, -0.1) is 0 Å². The molecule has 0 aliphatic heterocycles. The fourth-order valence-electron chi connectivity index (χ4n) is 3.62. The van der Waals surface area contributed by atoms with Crippen LogP contribution in [-0.4, -0.2) is 44.2 Å². The molecule has 0 radical (unpaired) electrons. The number of anilines is 1. The van der Waals surface area contributed by atoms with E-state index in [0.29, 0.717) is 13.2 Å². The number of nitrogens with zero attached hydrogens (tertiary/aromatic N) is 2. The van der Waals surface area contributed by atoms with E-state index in [-0.39, 0.29) is 0 Å². The first-order valence-electron chi connectivity index (χ1n) is 10.8. The third-order valence-electron chi connectivity index (χ3n) is 5.38. The molecule has 0 spiro atoms. The lowest BCUT2D eigenvalue weighted by Crippen LogP contribution is -2.20. The van der Waals surface area contributed by atoms with Crippen LogP contribution in [0.5, 0.6) is 11.5 Å². The molecule has 1 N–H and O–H groups in total. The Morgan fingerprint density at radius 3 is 2.41 bits per heavy atom. The van der Waals surface area contributed by atoms with Gasteiger partial charge in [-0.3, -0.25) is 4.98 Å². The average Bonchev–Trinajstić information content (AvgIpc) is 2.83. The van der Waals surface area contributed by atoms with Crippen LogP contribution in [-0.2, 0) is 6.54 Å². The topological polar surface area (TPSA) is 46.6 Å². The van der Waals surface area contributed by atoms with Gasteiger partial charge in [-0.05, 0) is 61.1 Å². The van der Waals surface area contributed by atoms with Gasteiger partial charge in [-0.1, -0.05) is 42.5 Å². The lowest BCUT2D eigenvalue weighted by atomic mass is 10.0. The summed E-state index contributed by atoms with van der Waals surface area (Å²) < 4.78 is 11.5. The number of pyridine rings is 1. The minimum Gasteiger partial charge on any atom is -0.497 e. The summed E-state index contributed by atoms with van der Waals surface area (Å²) >= 11 is 0. The molecule has 164 valence electrons. The monoisotopic (exact) mass is 427 g/mol. The predicted molar refractivity (Wildman–Crippen MR) is 132 cm³/mol. The van der Waals surface area contributed by atoms with Gasteiger partial charge in [0.15, 0.2) is 5.75 Å². The summed E-state index contributed by atoms with van der Waals surface area (Å²) in [5, 5.41) is 4.61. The first kappa shape index (κ1) is 21.7. The molecular weight excluding hydrogens is 398 g/mol. The number of aromatic nitrogens is 1. The van der Waals surface area contributed by atoms with Crippen molar-refractivity contribution in [3.63, 3.8) is 0 Å². The quantitative estimate of drug-likeness (QED) is 0.384. The van der Waals surface area contributed by atoms with Gasteiger partial charge in [0, 0.05) is 24.7 Å². The molecule has 4 rings (SSSR count). The van der Waals surface area contributed by atoms with Gasteiger partial charge in [0.1, 0.15) is 17.9 Å². The number of hydrogen-bond donors (Lipinski definition) is 1. The van der Waals surface area contributed by atoms with Crippen molar-refractivity contribution in [2.45, 2.75) is 6.54 Å². The second-order valence-corrected chi connectivity index (χ2v) is 7.92. The summed E-state index contributed by atoms with van der Waals surface area (Å²) in [6, 6.07) is 24.7. The number of likely N-dealkylation sites (N-methyl/N-ethyl adjacent to an activating group) is 1. The highest BCUT2D eigenvalue weighted by Crippen LogP contribution is 2.37. The molecule has 0 aliphatic rings. The predicted octanol–water partition coefficient (Wildman–Crippen LogP) is 5.46. The first-order chi connectivity index (χ1) is 15.7. The van der Waals surface area contributed by atoms with E-state index in [1.807, 2.05) is 38.5 Å². The fraction of sp³-hybridized carbons (Fsp3) is 0.222. The normalized spacial score (nSPS) is 11.0. The van der Waals surface area contributed by atoms with E-state index in [0.717, 1.165) is 51.3 Å². The summed E-state index contributed by atoms with van der Waals surface area (Å²) in [6.07, 6.45) is 1.86. The summed E-state index contributed by atoms with van der Waals surface area (Å²) in [7, 11) is 5.76. The summed E-state index contributed by atoms with van der Waals surface area (Å²) in [4.78, 5) is 6.82. The van der Waals surface area contributed by atoms with Crippen molar-refractivity contribution in [1.29, 1.82) is 0 Å². The maximum Gasteiger partial charge on any atom is 0.168 e. The first-order valence-corrected chi connectivity index (χ1v) is 10.8. The Morgan fingerprint density at radius 1 is 0.906 bits per heavy atom. The van der Waals surface area contributed by atoms with Crippen LogP contribution >= 0.6 is 0 Å². The van der Waals surface area contributed by atoms with Crippen molar-refractivity contribution in [2.75, 3.05) is 39.7 Å². The summed E-state index contributed by atoms with van der Waals surface area (Å²) in [5.74, 6) is 1.64. The molecule has 0 saturated heterocycles. The SMILES string of the molecule is COc1ccc(CNc2ccc3c(-c4ccccc4)ccnc3c2OCCN(C)C)cc1. The molecule has 32 heavy (non-hydrogen) atoms. The molecule has 3 aromatic carbocycles. The smallest absolute Gasteiger partial charge is 0.168 e. The van der Waals surface area contributed by atoms with Crippen LogP contribution in [0.3, 0.4) is 0 Å². The van der Waals surface area contributed by atoms with E-state index in [4.69, 9.17) is 14.5 Å². The zero-order chi connectivity index (χ0) is 22.3. The maximum absolute atomic E-state index is 6.29. The molecule has 0 bridgehead atoms. The highest BCUT2D eigenvalue weighted by Gasteiger charge is 2.14. The zero-order valence-corrected chi connectivity index (χ0v) is 18.8. The fourth-order valence-corrected chi connectivity index (χ4v) is 3.62. The van der Waals surface area contributed by atoms with Gasteiger partial charge >= 0.3 is 0 Å². The summed E-state index contributed by atoms with van der Waals surface area (Å²) in [6.45, 7) is 2.09. The Kier molecular flexibility index (Phi) is 6.87. The van der Waals surface area contributed by atoms with Crippen LogP contribution in [0, 0.1) is 0 Å². The van der Waals surface area contributed by atoms with Gasteiger partial charge in [0.25, 0.3) is 0 Å². The van der Waals surface area contributed by atoms with Crippen LogP contribution in [0.1, 0.15) is 5.56 Å². The molecule has 5 nitrogen and oxygen atoms in total. The molecule has 0 fully saturated rings. The van der Waals surface area contributed by atoms with E-state index in [9.17, 15) is 0 Å². The third-order valence-corrected chi connectivity index (χ3v) is 5.38. The Labute approximate surface area is 189 Å². The Balaban J connectivity index is 1.69. The van der Waals surface area contributed by atoms with Crippen LogP contribution in [0.25, 0.3) is 22.0 Å². The Hall–Kier alpha value is -3.57. The molecule has 1 heterocycles. The van der Waals surface area contributed by atoms with E-state index in [2.05, 4.69) is 64.8 Å². The number of nitrogens with one attached hydrogen (secondary N) is 1. The van der Waals surface area contributed by atoms with Gasteiger partial charge in [-0.25, -0.2) is 0 Å². The third kappa shape index (κ3) is 5.01. The molecule has 0 amide bonds. The lowest BCUT2D eigenvalue weighted by molar-refractivity contribution is 0.264. The van der Waals surface area contributed by atoms with Gasteiger partial charge < -0.3 is 19.7 Å².